The van der Waals surface area contributed by atoms with Gasteiger partial charge in [-0.15, -0.1) is 0 Å². The molecule has 3 rings (SSSR count). The van der Waals surface area contributed by atoms with Crippen LogP contribution in [-0.4, -0.2) is 51.5 Å². The summed E-state index contributed by atoms with van der Waals surface area (Å²) in [7, 11) is -3.67. The zero-order valence-electron chi connectivity index (χ0n) is 15.4. The second-order valence-corrected chi connectivity index (χ2v) is 8.23. The van der Waals surface area contributed by atoms with Crippen molar-refractivity contribution in [3.8, 4) is 5.75 Å². The van der Waals surface area contributed by atoms with Gasteiger partial charge in [0.25, 0.3) is 5.91 Å². The molecular formula is C19H21FN2O5S. The molecule has 0 bridgehead atoms. The van der Waals surface area contributed by atoms with E-state index in [4.69, 9.17) is 9.47 Å². The van der Waals surface area contributed by atoms with E-state index < -0.39 is 21.7 Å². The zero-order valence-corrected chi connectivity index (χ0v) is 16.2. The minimum Gasteiger partial charge on any atom is -0.484 e. The van der Waals surface area contributed by atoms with Crippen molar-refractivity contribution >= 4 is 21.6 Å². The van der Waals surface area contributed by atoms with Crippen molar-refractivity contribution in [1.29, 1.82) is 0 Å². The third-order valence-corrected chi connectivity index (χ3v) is 6.15. The van der Waals surface area contributed by atoms with Gasteiger partial charge in [0.2, 0.25) is 10.0 Å². The van der Waals surface area contributed by atoms with E-state index in [1.54, 1.807) is 13.0 Å². The minimum atomic E-state index is -3.67. The summed E-state index contributed by atoms with van der Waals surface area (Å²) in [5.74, 6) is -0.710. The van der Waals surface area contributed by atoms with Gasteiger partial charge in [0.1, 0.15) is 11.6 Å². The molecule has 2 aromatic carbocycles. The van der Waals surface area contributed by atoms with Crippen molar-refractivity contribution < 1.29 is 27.1 Å². The first kappa shape index (κ1) is 20.2. The molecule has 1 aliphatic heterocycles. The van der Waals surface area contributed by atoms with E-state index in [2.05, 4.69) is 5.32 Å². The molecule has 1 fully saturated rings. The lowest BCUT2D eigenvalue weighted by atomic mass is 10.2. The Morgan fingerprint density at radius 2 is 1.96 bits per heavy atom. The number of morpholine rings is 1. The second kappa shape index (κ2) is 8.68. The third-order valence-electron chi connectivity index (χ3n) is 4.26. The van der Waals surface area contributed by atoms with Crippen LogP contribution in [0.5, 0.6) is 5.75 Å². The number of halogens is 1. The Labute approximate surface area is 163 Å². The molecule has 1 saturated heterocycles. The van der Waals surface area contributed by atoms with Crippen LogP contribution in [0.15, 0.2) is 47.4 Å². The van der Waals surface area contributed by atoms with Crippen LogP contribution in [0.1, 0.15) is 5.56 Å². The average molecular weight is 408 g/mol. The van der Waals surface area contributed by atoms with Crippen LogP contribution in [-0.2, 0) is 19.6 Å². The molecule has 0 radical (unpaired) electrons. The van der Waals surface area contributed by atoms with Gasteiger partial charge in [-0.1, -0.05) is 12.1 Å². The van der Waals surface area contributed by atoms with Crippen LogP contribution in [0, 0.1) is 12.7 Å². The molecule has 9 heteroatoms. The highest BCUT2D eigenvalue weighted by Crippen LogP contribution is 2.23. The lowest BCUT2D eigenvalue weighted by Crippen LogP contribution is -2.40. The van der Waals surface area contributed by atoms with Crippen molar-refractivity contribution in [3.63, 3.8) is 0 Å². The van der Waals surface area contributed by atoms with E-state index in [0.717, 1.165) is 0 Å². The number of anilines is 1. The molecule has 1 heterocycles. The number of nitrogens with zero attached hydrogens (tertiary/aromatic N) is 1. The normalized spacial score (nSPS) is 15.2. The topological polar surface area (TPSA) is 84.9 Å². The molecule has 0 unspecified atom stereocenters. The van der Waals surface area contributed by atoms with Crippen LogP contribution in [0.2, 0.25) is 0 Å². The molecule has 0 saturated carbocycles. The van der Waals surface area contributed by atoms with Gasteiger partial charge in [0.15, 0.2) is 6.61 Å². The van der Waals surface area contributed by atoms with Crippen LogP contribution >= 0.6 is 0 Å². The van der Waals surface area contributed by atoms with E-state index in [-0.39, 0.29) is 17.3 Å². The van der Waals surface area contributed by atoms with Crippen LogP contribution in [0.25, 0.3) is 0 Å². The first-order valence-corrected chi connectivity index (χ1v) is 10.2. The number of amides is 1. The average Bonchev–Trinajstić information content (AvgIpc) is 2.69. The standard InChI is InChI=1S/C19H21FN2O5S/c1-14-5-6-17(28(24,25)22-7-9-26-10-8-22)12-18(14)21-19(23)13-27-16-4-2-3-15(20)11-16/h2-6,11-12H,7-10,13H2,1H3,(H,21,23). The van der Waals surface area contributed by atoms with Crippen LogP contribution in [0.4, 0.5) is 10.1 Å². The van der Waals surface area contributed by atoms with E-state index in [0.29, 0.717) is 37.6 Å². The minimum absolute atomic E-state index is 0.0985. The van der Waals surface area contributed by atoms with Crippen LogP contribution < -0.4 is 10.1 Å². The SMILES string of the molecule is Cc1ccc(S(=O)(=O)N2CCOCC2)cc1NC(=O)COc1cccc(F)c1. The second-order valence-electron chi connectivity index (χ2n) is 6.29. The number of rotatable bonds is 6. The number of nitrogens with one attached hydrogen (secondary N) is 1. The maximum atomic E-state index is 13.2. The molecule has 0 atom stereocenters. The van der Waals surface area contributed by atoms with Crippen molar-refractivity contribution in [2.75, 3.05) is 38.2 Å². The summed E-state index contributed by atoms with van der Waals surface area (Å²) in [5.41, 5.74) is 1.09. The van der Waals surface area contributed by atoms with Gasteiger partial charge in [-0.2, -0.15) is 4.31 Å². The van der Waals surface area contributed by atoms with Crippen molar-refractivity contribution in [3.05, 3.63) is 53.8 Å². The Hall–Kier alpha value is -2.49. The quantitative estimate of drug-likeness (QED) is 0.792. The lowest BCUT2D eigenvalue weighted by molar-refractivity contribution is -0.118. The van der Waals surface area contributed by atoms with E-state index in [1.807, 2.05) is 0 Å². The van der Waals surface area contributed by atoms with E-state index >= 15 is 0 Å². The van der Waals surface area contributed by atoms with Gasteiger partial charge in [0, 0.05) is 24.8 Å². The van der Waals surface area contributed by atoms with Gasteiger partial charge < -0.3 is 14.8 Å². The Morgan fingerprint density at radius 1 is 1.21 bits per heavy atom. The number of ether oxygens (including phenoxy) is 2. The Kier molecular flexibility index (Phi) is 6.28. The Balaban J connectivity index is 1.70. The fourth-order valence-corrected chi connectivity index (χ4v) is 4.16. The molecule has 1 N–H and O–H groups in total. The highest BCUT2D eigenvalue weighted by Gasteiger charge is 2.26. The number of carbonyl (C=O) groups is 1. The van der Waals surface area contributed by atoms with Crippen LogP contribution in [0.3, 0.4) is 0 Å². The Morgan fingerprint density at radius 3 is 2.68 bits per heavy atom. The summed E-state index contributed by atoms with van der Waals surface area (Å²) in [6.07, 6.45) is 0. The van der Waals surface area contributed by atoms with Crippen molar-refractivity contribution in [2.24, 2.45) is 0 Å². The lowest BCUT2D eigenvalue weighted by Gasteiger charge is -2.26. The number of sulfonamides is 1. The molecule has 28 heavy (non-hydrogen) atoms. The molecule has 2 aromatic rings. The summed E-state index contributed by atoms with van der Waals surface area (Å²) >= 11 is 0. The van der Waals surface area contributed by atoms with Gasteiger partial charge >= 0.3 is 0 Å². The molecule has 1 aliphatic rings. The molecule has 0 spiro atoms. The van der Waals surface area contributed by atoms with E-state index in [1.165, 1.54) is 40.7 Å². The fourth-order valence-electron chi connectivity index (χ4n) is 2.72. The Bertz CT molecular complexity index is 959. The first-order valence-electron chi connectivity index (χ1n) is 8.73. The largest absolute Gasteiger partial charge is 0.484 e. The van der Waals surface area contributed by atoms with Gasteiger partial charge in [-0.25, -0.2) is 12.8 Å². The smallest absolute Gasteiger partial charge is 0.262 e. The predicted molar refractivity (Wildman–Crippen MR) is 101 cm³/mol. The summed E-state index contributed by atoms with van der Waals surface area (Å²) in [6, 6.07) is 10.0. The monoisotopic (exact) mass is 408 g/mol. The number of carbonyl (C=O) groups excluding carboxylic acids is 1. The number of hydrogen-bond acceptors (Lipinski definition) is 5. The number of hydrogen-bond donors (Lipinski definition) is 1. The first-order chi connectivity index (χ1) is 13.4. The molecule has 1 amide bonds. The summed E-state index contributed by atoms with van der Waals surface area (Å²) in [6.45, 7) is 2.72. The molecular weight excluding hydrogens is 387 g/mol. The molecule has 0 aromatic heterocycles. The molecule has 150 valence electrons. The number of aryl methyl sites for hydroxylation is 1. The summed E-state index contributed by atoms with van der Waals surface area (Å²) < 4.78 is 50.5. The zero-order chi connectivity index (χ0) is 20.1. The van der Waals surface area contributed by atoms with Gasteiger partial charge in [-0.05, 0) is 36.8 Å². The highest BCUT2D eigenvalue weighted by atomic mass is 32.2. The highest BCUT2D eigenvalue weighted by molar-refractivity contribution is 7.89. The van der Waals surface area contributed by atoms with Crippen molar-refractivity contribution in [2.45, 2.75) is 11.8 Å². The summed E-state index contributed by atoms with van der Waals surface area (Å²) in [4.78, 5) is 12.3. The molecule has 7 nitrogen and oxygen atoms in total. The maximum absolute atomic E-state index is 13.2. The maximum Gasteiger partial charge on any atom is 0.262 e. The third kappa shape index (κ3) is 4.86. The number of benzene rings is 2. The van der Waals surface area contributed by atoms with E-state index in [9.17, 15) is 17.6 Å². The predicted octanol–water partition coefficient (Wildman–Crippen LogP) is 2.17. The summed E-state index contributed by atoms with van der Waals surface area (Å²) in [5, 5.41) is 2.65. The fraction of sp³-hybridized carbons (Fsp3) is 0.316. The molecule has 0 aliphatic carbocycles. The van der Waals surface area contributed by atoms with Gasteiger partial charge in [-0.3, -0.25) is 4.79 Å². The van der Waals surface area contributed by atoms with Crippen molar-refractivity contribution in [1.82, 2.24) is 4.31 Å². The van der Waals surface area contributed by atoms with Gasteiger partial charge in [0.05, 0.1) is 18.1 Å².